The quantitative estimate of drug-likeness (QED) is 0.814. The van der Waals surface area contributed by atoms with Crippen molar-refractivity contribution in [2.75, 3.05) is 23.3 Å². The molecule has 1 aromatic heterocycles. The van der Waals surface area contributed by atoms with Crippen LogP contribution < -0.4 is 16.0 Å². The topological polar surface area (TPSA) is 71.2 Å². The first-order valence-electron chi connectivity index (χ1n) is 7.90. The van der Waals surface area contributed by atoms with Crippen molar-refractivity contribution in [3.05, 3.63) is 18.3 Å². The SMILES string of the molecule is CCN(CC)c1ccc(NC(=O)C[C@@H]2CCC[C@H]2N)cn1.Cl.Cl. The first kappa shape index (κ1) is 22.0. The number of pyridine rings is 1. The Bertz CT molecular complexity index is 466. The summed E-state index contributed by atoms with van der Waals surface area (Å²) in [5.74, 6) is 1.30. The lowest BCUT2D eigenvalue weighted by atomic mass is 10.00. The van der Waals surface area contributed by atoms with Crippen molar-refractivity contribution in [3.8, 4) is 0 Å². The average Bonchev–Trinajstić information content (AvgIpc) is 2.87. The summed E-state index contributed by atoms with van der Waals surface area (Å²) in [6.45, 7) is 6.06. The average molecular weight is 363 g/mol. The number of hydrogen-bond acceptors (Lipinski definition) is 4. The molecule has 23 heavy (non-hydrogen) atoms. The number of nitrogens with one attached hydrogen (secondary N) is 1. The zero-order valence-corrected chi connectivity index (χ0v) is 15.5. The Labute approximate surface area is 151 Å². The standard InChI is InChI=1S/C16H26N4O.2ClH/c1-3-20(4-2)15-9-8-13(11-18-15)19-16(21)10-12-6-5-7-14(12)17;;/h8-9,11-12,14H,3-7,10,17H2,1-2H3,(H,19,21);2*1H/t12-,14+;;/m0../s1. The Balaban J connectivity index is 0.00000242. The van der Waals surface area contributed by atoms with Crippen molar-refractivity contribution in [3.63, 3.8) is 0 Å². The van der Waals surface area contributed by atoms with Gasteiger partial charge in [-0.1, -0.05) is 6.42 Å². The summed E-state index contributed by atoms with van der Waals surface area (Å²) in [6, 6.07) is 4.04. The number of anilines is 2. The molecule has 1 saturated carbocycles. The lowest BCUT2D eigenvalue weighted by Gasteiger charge is -2.20. The molecule has 0 bridgehead atoms. The predicted octanol–water partition coefficient (Wildman–Crippen LogP) is 3.23. The molecular weight excluding hydrogens is 335 g/mol. The molecule has 1 aromatic rings. The first-order chi connectivity index (χ1) is 10.1. The van der Waals surface area contributed by atoms with Gasteiger partial charge in [0.2, 0.25) is 5.91 Å². The monoisotopic (exact) mass is 362 g/mol. The lowest BCUT2D eigenvalue weighted by molar-refractivity contribution is -0.117. The van der Waals surface area contributed by atoms with Crippen LogP contribution in [0.1, 0.15) is 39.5 Å². The maximum Gasteiger partial charge on any atom is 0.224 e. The van der Waals surface area contributed by atoms with Crippen molar-refractivity contribution in [1.82, 2.24) is 4.98 Å². The third-order valence-corrected chi connectivity index (χ3v) is 4.28. The summed E-state index contributed by atoms with van der Waals surface area (Å²) in [7, 11) is 0. The fraction of sp³-hybridized carbons (Fsp3) is 0.625. The molecule has 132 valence electrons. The summed E-state index contributed by atoms with van der Waals surface area (Å²) in [5.41, 5.74) is 6.76. The van der Waals surface area contributed by atoms with Gasteiger partial charge in [0.05, 0.1) is 11.9 Å². The molecule has 0 aromatic carbocycles. The van der Waals surface area contributed by atoms with Gasteiger partial charge in [0.15, 0.2) is 0 Å². The number of hydrogen-bond donors (Lipinski definition) is 2. The molecule has 1 heterocycles. The van der Waals surface area contributed by atoms with Gasteiger partial charge in [0.25, 0.3) is 0 Å². The third kappa shape index (κ3) is 6.16. The lowest BCUT2D eigenvalue weighted by Crippen LogP contribution is -2.28. The van der Waals surface area contributed by atoms with Crippen LogP contribution in [-0.2, 0) is 4.79 Å². The van der Waals surface area contributed by atoms with E-state index < -0.39 is 0 Å². The molecule has 5 nitrogen and oxygen atoms in total. The van der Waals surface area contributed by atoms with E-state index in [4.69, 9.17) is 5.73 Å². The molecule has 2 rings (SSSR count). The Morgan fingerprint density at radius 1 is 1.30 bits per heavy atom. The Hall–Kier alpha value is -1.04. The van der Waals surface area contributed by atoms with Gasteiger partial charge >= 0.3 is 0 Å². The molecule has 1 aliphatic rings. The van der Waals surface area contributed by atoms with E-state index in [0.29, 0.717) is 12.3 Å². The van der Waals surface area contributed by atoms with Crippen molar-refractivity contribution >= 4 is 42.2 Å². The summed E-state index contributed by atoms with van der Waals surface area (Å²) in [4.78, 5) is 18.6. The number of carbonyl (C=O) groups is 1. The molecule has 3 N–H and O–H groups in total. The molecule has 2 atom stereocenters. The van der Waals surface area contributed by atoms with Crippen LogP contribution in [0.4, 0.5) is 11.5 Å². The molecule has 1 fully saturated rings. The first-order valence-corrected chi connectivity index (χ1v) is 7.90. The second-order valence-electron chi connectivity index (χ2n) is 5.68. The van der Waals surface area contributed by atoms with Gasteiger partial charge in [-0.05, 0) is 44.7 Å². The largest absolute Gasteiger partial charge is 0.357 e. The van der Waals surface area contributed by atoms with Crippen LogP contribution in [0.2, 0.25) is 0 Å². The van der Waals surface area contributed by atoms with E-state index in [-0.39, 0.29) is 36.8 Å². The highest BCUT2D eigenvalue weighted by Gasteiger charge is 2.26. The summed E-state index contributed by atoms with van der Waals surface area (Å²) < 4.78 is 0. The number of nitrogens with two attached hydrogens (primary N) is 1. The number of rotatable bonds is 6. The molecule has 7 heteroatoms. The second-order valence-corrected chi connectivity index (χ2v) is 5.68. The van der Waals surface area contributed by atoms with Crippen LogP contribution in [0.5, 0.6) is 0 Å². The van der Waals surface area contributed by atoms with Crippen LogP contribution in [-0.4, -0.2) is 30.0 Å². The van der Waals surface area contributed by atoms with Crippen molar-refractivity contribution in [2.45, 2.75) is 45.6 Å². The zero-order valence-electron chi connectivity index (χ0n) is 13.8. The number of nitrogens with zero attached hydrogens (tertiary/aromatic N) is 2. The van der Waals surface area contributed by atoms with Gasteiger partial charge < -0.3 is 16.0 Å². The van der Waals surface area contributed by atoms with Gasteiger partial charge in [-0.3, -0.25) is 4.79 Å². The van der Waals surface area contributed by atoms with E-state index in [9.17, 15) is 4.79 Å². The highest BCUT2D eigenvalue weighted by Crippen LogP contribution is 2.27. The van der Waals surface area contributed by atoms with Crippen molar-refractivity contribution < 1.29 is 4.79 Å². The van der Waals surface area contributed by atoms with Crippen LogP contribution in [0, 0.1) is 5.92 Å². The van der Waals surface area contributed by atoms with Gasteiger partial charge in [0.1, 0.15) is 5.82 Å². The summed E-state index contributed by atoms with van der Waals surface area (Å²) in [5, 5.41) is 2.92. The van der Waals surface area contributed by atoms with Gasteiger partial charge in [-0.2, -0.15) is 0 Å². The normalized spacial score (nSPS) is 19.4. The molecule has 1 aliphatic carbocycles. The molecular formula is C16H28Cl2N4O. The maximum absolute atomic E-state index is 12.0. The minimum atomic E-state index is 0. The van der Waals surface area contributed by atoms with E-state index >= 15 is 0 Å². The molecule has 0 unspecified atom stereocenters. The van der Waals surface area contributed by atoms with Crippen molar-refractivity contribution in [2.24, 2.45) is 11.7 Å². The molecule has 1 amide bonds. The molecule has 0 radical (unpaired) electrons. The van der Waals surface area contributed by atoms with Gasteiger partial charge in [0, 0.05) is 25.6 Å². The Kier molecular flexibility index (Phi) is 10.2. The fourth-order valence-electron chi connectivity index (χ4n) is 2.96. The highest BCUT2D eigenvalue weighted by molar-refractivity contribution is 5.90. The van der Waals surface area contributed by atoms with Crippen LogP contribution in [0.3, 0.4) is 0 Å². The van der Waals surface area contributed by atoms with E-state index in [1.165, 1.54) is 0 Å². The Morgan fingerprint density at radius 2 is 2.00 bits per heavy atom. The number of halogens is 2. The number of amides is 1. The minimum Gasteiger partial charge on any atom is -0.357 e. The molecule has 0 saturated heterocycles. The van der Waals surface area contributed by atoms with E-state index in [1.807, 2.05) is 12.1 Å². The molecule has 0 spiro atoms. The third-order valence-electron chi connectivity index (χ3n) is 4.28. The predicted molar refractivity (Wildman–Crippen MR) is 101 cm³/mol. The van der Waals surface area contributed by atoms with E-state index in [1.54, 1.807) is 6.20 Å². The van der Waals surface area contributed by atoms with Crippen LogP contribution >= 0.6 is 24.8 Å². The Morgan fingerprint density at radius 3 is 2.48 bits per heavy atom. The highest BCUT2D eigenvalue weighted by atomic mass is 35.5. The fourth-order valence-corrected chi connectivity index (χ4v) is 2.96. The molecule has 0 aliphatic heterocycles. The summed E-state index contributed by atoms with van der Waals surface area (Å²) in [6.07, 6.45) is 5.48. The minimum absolute atomic E-state index is 0. The summed E-state index contributed by atoms with van der Waals surface area (Å²) >= 11 is 0. The second kappa shape index (κ2) is 10.7. The number of aromatic nitrogens is 1. The number of carbonyl (C=O) groups excluding carboxylic acids is 1. The smallest absolute Gasteiger partial charge is 0.224 e. The van der Waals surface area contributed by atoms with E-state index in [2.05, 4.69) is 29.0 Å². The van der Waals surface area contributed by atoms with Crippen LogP contribution in [0.15, 0.2) is 18.3 Å². The van der Waals surface area contributed by atoms with Gasteiger partial charge in [-0.15, -0.1) is 24.8 Å². The van der Waals surface area contributed by atoms with Crippen LogP contribution in [0.25, 0.3) is 0 Å². The van der Waals surface area contributed by atoms with E-state index in [0.717, 1.165) is 43.9 Å². The van der Waals surface area contributed by atoms with Gasteiger partial charge in [-0.25, -0.2) is 4.98 Å². The van der Waals surface area contributed by atoms with Crippen molar-refractivity contribution in [1.29, 1.82) is 0 Å². The maximum atomic E-state index is 12.0. The zero-order chi connectivity index (χ0) is 15.2.